The molecule has 0 spiro atoms. The Bertz CT molecular complexity index is 760. The molecule has 2 aromatic carbocycles. The Hall–Kier alpha value is -1.51. The average Bonchev–Trinajstić information content (AvgIpc) is 2.68. The molecular weight excluding hydrogens is 322 g/mol. The van der Waals surface area contributed by atoms with Crippen molar-refractivity contribution in [2.45, 2.75) is 47.9 Å². The molecule has 0 saturated carbocycles. The van der Waals surface area contributed by atoms with Crippen molar-refractivity contribution in [1.82, 2.24) is 4.90 Å². The first-order chi connectivity index (χ1) is 12.4. The van der Waals surface area contributed by atoms with E-state index in [0.29, 0.717) is 5.92 Å². The molecule has 2 aromatic rings. The van der Waals surface area contributed by atoms with Crippen molar-refractivity contribution in [3.05, 3.63) is 65.7 Å². The van der Waals surface area contributed by atoms with E-state index < -0.39 is 0 Å². The topological polar surface area (TPSA) is 3.24 Å². The van der Waals surface area contributed by atoms with Crippen LogP contribution in [0.25, 0.3) is 5.57 Å². The van der Waals surface area contributed by atoms with Gasteiger partial charge in [0, 0.05) is 15.8 Å². The highest BCUT2D eigenvalue weighted by Crippen LogP contribution is 2.46. The smallest absolute Gasteiger partial charge is 0.0201 e. The van der Waals surface area contributed by atoms with Crippen molar-refractivity contribution in [1.29, 1.82) is 0 Å². The zero-order valence-electron chi connectivity index (χ0n) is 14.7. The van der Waals surface area contributed by atoms with Crippen molar-refractivity contribution in [2.75, 3.05) is 13.1 Å². The first kappa shape index (κ1) is 15.7. The second-order valence-corrected chi connectivity index (χ2v) is 8.66. The second kappa shape index (κ2) is 6.66. The quantitative estimate of drug-likeness (QED) is 0.543. The van der Waals surface area contributed by atoms with Gasteiger partial charge >= 0.3 is 0 Å². The molecule has 3 aliphatic heterocycles. The molecule has 0 unspecified atom stereocenters. The van der Waals surface area contributed by atoms with E-state index in [-0.39, 0.29) is 0 Å². The lowest BCUT2D eigenvalue weighted by atomic mass is 9.81. The number of hydrogen-bond donors (Lipinski definition) is 0. The number of rotatable bonds is 1. The van der Waals surface area contributed by atoms with Gasteiger partial charge in [-0.2, -0.15) is 0 Å². The molecular formula is C23H25NS. The summed E-state index contributed by atoms with van der Waals surface area (Å²) in [5.41, 5.74) is 4.33. The maximum atomic E-state index is 2.77. The van der Waals surface area contributed by atoms with Crippen LogP contribution in [-0.2, 0) is 0 Å². The minimum atomic E-state index is 0.702. The summed E-state index contributed by atoms with van der Waals surface area (Å²) in [6, 6.07) is 18.7. The summed E-state index contributed by atoms with van der Waals surface area (Å²) in [7, 11) is 0. The van der Waals surface area contributed by atoms with Gasteiger partial charge in [0.15, 0.2) is 0 Å². The van der Waals surface area contributed by atoms with Crippen LogP contribution in [0.4, 0.5) is 0 Å². The fraction of sp³-hybridized carbons (Fsp3) is 0.391. The highest BCUT2D eigenvalue weighted by Gasteiger charge is 2.33. The molecule has 0 bridgehead atoms. The lowest BCUT2D eigenvalue weighted by Crippen LogP contribution is -2.47. The molecule has 0 amide bonds. The summed E-state index contributed by atoms with van der Waals surface area (Å²) in [6.45, 7) is 2.63. The van der Waals surface area contributed by atoms with Gasteiger partial charge < -0.3 is 0 Å². The predicted molar refractivity (Wildman–Crippen MR) is 106 cm³/mol. The standard InChI is InChI=1S/C23H25NS/c1-3-12-22-18(9-1)20(19-10-2-4-13-23(19)25-22)16-17-8-7-15-24-14-6-5-11-21(17)24/h1-4,9-10,12-13,16-17,21H,5-8,11,14-15H2/t17-,21+/m0/s1. The molecule has 2 atom stereocenters. The molecule has 128 valence electrons. The predicted octanol–water partition coefficient (Wildman–Crippen LogP) is 5.85. The third-order valence-corrected chi connectivity index (χ3v) is 7.25. The van der Waals surface area contributed by atoms with Gasteiger partial charge in [-0.1, -0.05) is 60.7 Å². The van der Waals surface area contributed by atoms with E-state index in [1.54, 1.807) is 0 Å². The monoisotopic (exact) mass is 347 g/mol. The summed E-state index contributed by atoms with van der Waals surface area (Å²) in [5, 5.41) is 0. The summed E-state index contributed by atoms with van der Waals surface area (Å²) < 4.78 is 0. The molecule has 25 heavy (non-hydrogen) atoms. The summed E-state index contributed by atoms with van der Waals surface area (Å²) in [4.78, 5) is 5.58. The van der Waals surface area contributed by atoms with Crippen LogP contribution in [0.2, 0.25) is 0 Å². The van der Waals surface area contributed by atoms with Gasteiger partial charge in [0.25, 0.3) is 0 Å². The van der Waals surface area contributed by atoms with E-state index in [2.05, 4.69) is 59.5 Å². The van der Waals surface area contributed by atoms with E-state index in [4.69, 9.17) is 0 Å². The van der Waals surface area contributed by atoms with Crippen LogP contribution in [0.3, 0.4) is 0 Å². The Morgan fingerprint density at radius 1 is 0.800 bits per heavy atom. The van der Waals surface area contributed by atoms with E-state index in [9.17, 15) is 0 Å². The molecule has 0 radical (unpaired) electrons. The lowest BCUT2D eigenvalue weighted by Gasteiger charge is -2.44. The highest BCUT2D eigenvalue weighted by molar-refractivity contribution is 7.99. The minimum Gasteiger partial charge on any atom is -0.300 e. The normalized spacial score (nSPS) is 25.7. The van der Waals surface area contributed by atoms with Crippen molar-refractivity contribution in [3.63, 3.8) is 0 Å². The zero-order valence-corrected chi connectivity index (χ0v) is 15.5. The fourth-order valence-electron chi connectivity index (χ4n) is 4.91. The third-order valence-electron chi connectivity index (χ3n) is 6.10. The number of nitrogens with zero attached hydrogens (tertiary/aromatic N) is 1. The molecule has 0 aliphatic carbocycles. The van der Waals surface area contributed by atoms with Crippen molar-refractivity contribution in [3.8, 4) is 0 Å². The first-order valence-corrected chi connectivity index (χ1v) is 10.5. The largest absolute Gasteiger partial charge is 0.300 e. The van der Waals surface area contributed by atoms with Gasteiger partial charge in [-0.25, -0.2) is 0 Å². The molecule has 0 aromatic heterocycles. The first-order valence-electron chi connectivity index (χ1n) is 9.73. The molecule has 0 N–H and O–H groups in total. The van der Waals surface area contributed by atoms with Crippen LogP contribution in [0.5, 0.6) is 0 Å². The Morgan fingerprint density at radius 2 is 1.48 bits per heavy atom. The van der Waals surface area contributed by atoms with Crippen molar-refractivity contribution in [2.24, 2.45) is 5.92 Å². The van der Waals surface area contributed by atoms with Crippen LogP contribution in [0.15, 0.2) is 64.4 Å². The Morgan fingerprint density at radius 3 is 2.24 bits per heavy atom. The average molecular weight is 348 g/mol. The van der Waals surface area contributed by atoms with Crippen molar-refractivity contribution >= 4 is 17.3 Å². The molecule has 2 saturated heterocycles. The lowest BCUT2D eigenvalue weighted by molar-refractivity contribution is 0.0786. The number of piperidine rings is 2. The van der Waals surface area contributed by atoms with Gasteiger partial charge in [-0.05, 0) is 73.5 Å². The Labute approximate surface area is 155 Å². The van der Waals surface area contributed by atoms with Gasteiger partial charge in [0.1, 0.15) is 0 Å². The fourth-order valence-corrected chi connectivity index (χ4v) is 6.02. The van der Waals surface area contributed by atoms with E-state index >= 15 is 0 Å². The van der Waals surface area contributed by atoms with Crippen LogP contribution < -0.4 is 0 Å². The van der Waals surface area contributed by atoms with Gasteiger partial charge in [0.05, 0.1) is 0 Å². The van der Waals surface area contributed by atoms with Gasteiger partial charge in [-0.15, -0.1) is 0 Å². The van der Waals surface area contributed by atoms with Crippen LogP contribution in [0, 0.1) is 5.92 Å². The maximum absolute atomic E-state index is 2.77. The van der Waals surface area contributed by atoms with E-state index in [1.807, 2.05) is 11.8 Å². The number of fused-ring (bicyclic) bond motifs is 3. The minimum absolute atomic E-state index is 0.702. The molecule has 1 nitrogen and oxygen atoms in total. The van der Waals surface area contributed by atoms with Gasteiger partial charge in [-0.3, -0.25) is 4.90 Å². The summed E-state index contributed by atoms with van der Waals surface area (Å²) in [6.07, 6.45) is 9.52. The maximum Gasteiger partial charge on any atom is 0.0201 e. The van der Waals surface area contributed by atoms with E-state index in [1.165, 1.54) is 71.7 Å². The molecule has 3 heterocycles. The Kier molecular flexibility index (Phi) is 4.19. The highest BCUT2D eigenvalue weighted by atomic mass is 32.2. The molecule has 2 heteroatoms. The third kappa shape index (κ3) is 2.86. The van der Waals surface area contributed by atoms with Crippen molar-refractivity contribution < 1.29 is 0 Å². The van der Waals surface area contributed by atoms with Crippen LogP contribution in [-0.4, -0.2) is 24.0 Å². The Balaban J connectivity index is 1.59. The zero-order chi connectivity index (χ0) is 16.6. The SMILES string of the molecule is C(=C1c2ccccc2Sc2ccccc21)[C@@H]1CCCN2CCCC[C@H]12. The number of benzene rings is 2. The molecule has 5 rings (SSSR count). The van der Waals surface area contributed by atoms with Crippen LogP contribution in [0.1, 0.15) is 43.2 Å². The second-order valence-electron chi connectivity index (χ2n) is 7.58. The van der Waals surface area contributed by atoms with Crippen LogP contribution >= 0.6 is 11.8 Å². The number of hydrogen-bond acceptors (Lipinski definition) is 2. The summed E-state index contributed by atoms with van der Waals surface area (Å²) in [5.74, 6) is 0.702. The summed E-state index contributed by atoms with van der Waals surface area (Å²) >= 11 is 1.92. The molecule has 3 aliphatic rings. The van der Waals surface area contributed by atoms with Gasteiger partial charge in [0.2, 0.25) is 0 Å². The molecule has 2 fully saturated rings. The van der Waals surface area contributed by atoms with E-state index in [0.717, 1.165) is 6.04 Å².